The summed E-state index contributed by atoms with van der Waals surface area (Å²) >= 11 is 0. The van der Waals surface area contributed by atoms with Gasteiger partial charge in [-0.25, -0.2) is 19.2 Å². The molecule has 9 heteroatoms. The maximum Gasteiger partial charge on any atom is 0.409 e. The first kappa shape index (κ1) is 25.9. The van der Waals surface area contributed by atoms with Gasteiger partial charge in [-0.05, 0) is 20.8 Å². The standard InChI is InChI=1S/C20H29NO8/c1-13(2)16(22)26-9-20(10-27-17(23)14(3)4,11-28-18(24)15(5)6)12-29-19(25)21(7)8/h1,3,5,9-12H2,2,4,6-8H3. The Kier molecular flexibility index (Phi) is 10.4. The minimum absolute atomic E-state index is 0.141. The lowest BCUT2D eigenvalue weighted by Crippen LogP contribution is -2.44. The molecule has 9 nitrogen and oxygen atoms in total. The molecule has 0 aromatic carbocycles. The lowest BCUT2D eigenvalue weighted by atomic mass is 9.92. The predicted molar refractivity (Wildman–Crippen MR) is 105 cm³/mol. The number of nitrogens with zero attached hydrogens (tertiary/aromatic N) is 1. The summed E-state index contributed by atoms with van der Waals surface area (Å²) in [4.78, 5) is 48.6. The van der Waals surface area contributed by atoms with E-state index >= 15 is 0 Å². The average Bonchev–Trinajstić information content (AvgIpc) is 2.64. The third-order valence-corrected chi connectivity index (χ3v) is 3.44. The van der Waals surface area contributed by atoms with E-state index in [0.717, 1.165) is 0 Å². The molecule has 0 N–H and O–H groups in total. The Hall–Kier alpha value is -3.10. The van der Waals surface area contributed by atoms with E-state index in [4.69, 9.17) is 18.9 Å². The van der Waals surface area contributed by atoms with Crippen LogP contribution in [-0.4, -0.2) is 69.4 Å². The first-order chi connectivity index (χ1) is 13.3. The number of ether oxygens (including phenoxy) is 4. The Morgan fingerprint density at radius 2 is 0.931 bits per heavy atom. The molecule has 162 valence electrons. The molecule has 29 heavy (non-hydrogen) atoms. The normalized spacial score (nSPS) is 10.4. The minimum Gasteiger partial charge on any atom is -0.461 e. The molecule has 0 fully saturated rings. The predicted octanol–water partition coefficient (Wildman–Crippen LogP) is 2.03. The van der Waals surface area contributed by atoms with Crippen LogP contribution in [0.5, 0.6) is 0 Å². The molecule has 0 radical (unpaired) electrons. The van der Waals surface area contributed by atoms with Gasteiger partial charge in [-0.15, -0.1) is 0 Å². The van der Waals surface area contributed by atoms with Crippen molar-refractivity contribution < 1.29 is 38.1 Å². The summed E-state index contributed by atoms with van der Waals surface area (Å²) < 4.78 is 20.7. The molecule has 0 aromatic heterocycles. The van der Waals surface area contributed by atoms with Gasteiger partial charge in [0.1, 0.15) is 31.8 Å². The molecule has 0 saturated carbocycles. The summed E-state index contributed by atoms with van der Waals surface area (Å²) in [5.41, 5.74) is -0.932. The van der Waals surface area contributed by atoms with Crippen molar-refractivity contribution >= 4 is 24.0 Å². The zero-order valence-corrected chi connectivity index (χ0v) is 17.7. The van der Waals surface area contributed by atoms with E-state index in [2.05, 4.69) is 19.7 Å². The van der Waals surface area contributed by atoms with E-state index in [1.54, 1.807) is 0 Å². The molecule has 0 spiro atoms. The first-order valence-corrected chi connectivity index (χ1v) is 8.63. The first-order valence-electron chi connectivity index (χ1n) is 8.63. The van der Waals surface area contributed by atoms with Crippen LogP contribution < -0.4 is 0 Å². The van der Waals surface area contributed by atoms with Crippen molar-refractivity contribution in [3.8, 4) is 0 Å². The number of hydrogen-bond donors (Lipinski definition) is 0. The topological polar surface area (TPSA) is 108 Å². The molecule has 0 unspecified atom stereocenters. The number of amides is 1. The van der Waals surface area contributed by atoms with Crippen molar-refractivity contribution in [1.29, 1.82) is 0 Å². The van der Waals surface area contributed by atoms with Crippen molar-refractivity contribution in [2.45, 2.75) is 20.8 Å². The van der Waals surface area contributed by atoms with Crippen molar-refractivity contribution in [3.63, 3.8) is 0 Å². The van der Waals surface area contributed by atoms with Crippen LogP contribution in [0.25, 0.3) is 0 Å². The highest BCUT2D eigenvalue weighted by molar-refractivity contribution is 5.88. The SMILES string of the molecule is C=C(C)C(=O)OCC(COC(=O)C(=C)C)(COC(=O)C(=C)C)COC(=O)N(C)C. The average molecular weight is 411 g/mol. The molecule has 0 saturated heterocycles. The van der Waals surface area contributed by atoms with E-state index < -0.39 is 29.4 Å². The van der Waals surface area contributed by atoms with Crippen LogP contribution >= 0.6 is 0 Å². The molecule has 0 heterocycles. The largest absolute Gasteiger partial charge is 0.461 e. The van der Waals surface area contributed by atoms with E-state index in [1.165, 1.54) is 39.8 Å². The third-order valence-electron chi connectivity index (χ3n) is 3.44. The van der Waals surface area contributed by atoms with Gasteiger partial charge in [-0.2, -0.15) is 0 Å². The summed E-state index contributed by atoms with van der Waals surface area (Å²) in [5, 5.41) is 0. The summed E-state index contributed by atoms with van der Waals surface area (Å²) in [7, 11) is 2.96. The Bertz CT molecular complexity index is 619. The van der Waals surface area contributed by atoms with Crippen LogP contribution in [0.4, 0.5) is 4.79 Å². The lowest BCUT2D eigenvalue weighted by molar-refractivity contribution is -0.160. The molecule has 0 rings (SSSR count). The van der Waals surface area contributed by atoms with Crippen molar-refractivity contribution in [3.05, 3.63) is 36.5 Å². The Morgan fingerprint density at radius 1 is 0.655 bits per heavy atom. The van der Waals surface area contributed by atoms with E-state index in [-0.39, 0.29) is 43.1 Å². The fourth-order valence-corrected chi connectivity index (χ4v) is 1.62. The van der Waals surface area contributed by atoms with Crippen LogP contribution in [0.1, 0.15) is 20.8 Å². The molecular weight excluding hydrogens is 382 g/mol. The van der Waals surface area contributed by atoms with Gasteiger partial charge in [0.25, 0.3) is 0 Å². The highest BCUT2D eigenvalue weighted by Gasteiger charge is 2.38. The number of carbonyl (C=O) groups is 4. The zero-order chi connectivity index (χ0) is 22.8. The highest BCUT2D eigenvalue weighted by atomic mass is 16.6. The minimum atomic E-state index is -1.35. The van der Waals surface area contributed by atoms with Crippen LogP contribution in [0.2, 0.25) is 0 Å². The van der Waals surface area contributed by atoms with E-state index in [1.807, 2.05) is 0 Å². The number of rotatable bonds is 11. The smallest absolute Gasteiger partial charge is 0.409 e. The summed E-state index contributed by atoms with van der Waals surface area (Å²) in [6.07, 6.45) is -0.682. The van der Waals surface area contributed by atoms with Crippen LogP contribution in [0.15, 0.2) is 36.5 Å². The maximum atomic E-state index is 11.9. The van der Waals surface area contributed by atoms with Crippen LogP contribution in [0, 0.1) is 5.41 Å². The second-order valence-electron chi connectivity index (χ2n) is 7.02. The van der Waals surface area contributed by atoms with E-state index in [0.29, 0.717) is 0 Å². The fourth-order valence-electron chi connectivity index (χ4n) is 1.62. The zero-order valence-electron chi connectivity index (χ0n) is 17.7. The third kappa shape index (κ3) is 9.59. The van der Waals surface area contributed by atoms with Crippen LogP contribution in [-0.2, 0) is 33.3 Å². The molecule has 1 amide bonds. The van der Waals surface area contributed by atoms with Gasteiger partial charge < -0.3 is 23.8 Å². The summed E-state index contributed by atoms with van der Waals surface area (Å²) in [6.45, 7) is 13.4. The number of carbonyl (C=O) groups excluding carboxylic acids is 4. The Labute approximate surface area is 170 Å². The van der Waals surface area contributed by atoms with Crippen LogP contribution in [0.3, 0.4) is 0 Å². The monoisotopic (exact) mass is 411 g/mol. The second-order valence-corrected chi connectivity index (χ2v) is 7.02. The highest BCUT2D eigenvalue weighted by Crippen LogP contribution is 2.23. The number of hydrogen-bond acceptors (Lipinski definition) is 8. The molecule has 0 aliphatic carbocycles. The molecule has 0 atom stereocenters. The fraction of sp³-hybridized carbons (Fsp3) is 0.500. The molecule has 0 aliphatic rings. The summed E-state index contributed by atoms with van der Waals surface area (Å²) in [6, 6.07) is 0. The second kappa shape index (κ2) is 11.7. The Balaban J connectivity index is 5.67. The van der Waals surface area contributed by atoms with E-state index in [9.17, 15) is 19.2 Å². The Morgan fingerprint density at radius 3 is 1.17 bits per heavy atom. The van der Waals surface area contributed by atoms with Gasteiger partial charge >= 0.3 is 24.0 Å². The number of esters is 3. The van der Waals surface area contributed by atoms with Gasteiger partial charge in [-0.3, -0.25) is 0 Å². The quantitative estimate of drug-likeness (QED) is 0.289. The molecular formula is C20H29NO8. The van der Waals surface area contributed by atoms with Gasteiger partial charge in [-0.1, -0.05) is 19.7 Å². The van der Waals surface area contributed by atoms with Crippen molar-refractivity contribution in [2.75, 3.05) is 40.5 Å². The van der Waals surface area contributed by atoms with Gasteiger partial charge in [0.15, 0.2) is 0 Å². The lowest BCUT2D eigenvalue weighted by Gasteiger charge is -2.32. The van der Waals surface area contributed by atoms with Crippen molar-refractivity contribution in [2.24, 2.45) is 5.41 Å². The molecule has 0 bridgehead atoms. The van der Waals surface area contributed by atoms with Gasteiger partial charge in [0.2, 0.25) is 0 Å². The van der Waals surface area contributed by atoms with Gasteiger partial charge in [0.05, 0.1) is 0 Å². The van der Waals surface area contributed by atoms with Crippen molar-refractivity contribution in [1.82, 2.24) is 4.90 Å². The summed E-state index contributed by atoms with van der Waals surface area (Å²) in [5.74, 6) is -2.11. The maximum absolute atomic E-state index is 11.9. The van der Waals surface area contributed by atoms with Gasteiger partial charge in [0, 0.05) is 30.8 Å². The molecule has 0 aliphatic heterocycles. The molecule has 0 aromatic rings.